The van der Waals surface area contributed by atoms with Crippen molar-refractivity contribution in [3.63, 3.8) is 0 Å². The van der Waals surface area contributed by atoms with Gasteiger partial charge in [-0.05, 0) is 18.3 Å². The maximum Gasteiger partial charge on any atom is -0.0440 e. The lowest BCUT2D eigenvalue weighted by atomic mass is 9.90. The first-order chi connectivity index (χ1) is 6.20. The lowest BCUT2D eigenvalue weighted by Crippen LogP contribution is -2.03. The van der Waals surface area contributed by atoms with E-state index >= 15 is 0 Å². The standard InChI is InChI=1S/C13H28/c1-5-7-8-10-13(4)11-12(3)9-6-2/h12-13H,5-11H2,1-4H3/t12-,13-/m0/s1. The van der Waals surface area contributed by atoms with Crippen molar-refractivity contribution in [3.8, 4) is 0 Å². The molecule has 2 atom stereocenters. The smallest absolute Gasteiger partial charge is 0.0440 e. The Bertz CT molecular complexity index is 96.2. The first-order valence-electron chi connectivity index (χ1n) is 6.20. The van der Waals surface area contributed by atoms with Crippen LogP contribution in [0.3, 0.4) is 0 Å². The van der Waals surface area contributed by atoms with Crippen LogP contribution in [0.4, 0.5) is 0 Å². The van der Waals surface area contributed by atoms with Crippen LogP contribution in [0.2, 0.25) is 0 Å². The topological polar surface area (TPSA) is 0 Å². The molecule has 0 saturated carbocycles. The fraction of sp³-hybridized carbons (Fsp3) is 1.00. The summed E-state index contributed by atoms with van der Waals surface area (Å²) in [5.41, 5.74) is 0. The van der Waals surface area contributed by atoms with Gasteiger partial charge in [-0.1, -0.05) is 66.2 Å². The summed E-state index contributed by atoms with van der Waals surface area (Å²) in [6.07, 6.45) is 9.88. The summed E-state index contributed by atoms with van der Waals surface area (Å²) >= 11 is 0. The number of rotatable bonds is 8. The third kappa shape index (κ3) is 8.33. The molecule has 0 spiro atoms. The highest BCUT2D eigenvalue weighted by Crippen LogP contribution is 2.20. The van der Waals surface area contributed by atoms with Crippen molar-refractivity contribution in [1.82, 2.24) is 0 Å². The molecule has 0 aromatic rings. The monoisotopic (exact) mass is 184 g/mol. The molecule has 0 aliphatic carbocycles. The molecule has 0 fully saturated rings. The summed E-state index contributed by atoms with van der Waals surface area (Å²) in [5.74, 6) is 1.90. The Morgan fingerprint density at radius 2 is 1.38 bits per heavy atom. The van der Waals surface area contributed by atoms with Crippen LogP contribution < -0.4 is 0 Å². The lowest BCUT2D eigenvalue weighted by molar-refractivity contribution is 0.366. The lowest BCUT2D eigenvalue weighted by Gasteiger charge is -2.16. The van der Waals surface area contributed by atoms with E-state index in [2.05, 4.69) is 27.7 Å². The van der Waals surface area contributed by atoms with Crippen LogP contribution in [0.1, 0.15) is 72.6 Å². The minimum absolute atomic E-state index is 0.946. The molecule has 0 bridgehead atoms. The SMILES string of the molecule is CCCCC[C@H](C)C[C@@H](C)CCC. The van der Waals surface area contributed by atoms with Gasteiger partial charge in [-0.25, -0.2) is 0 Å². The van der Waals surface area contributed by atoms with E-state index < -0.39 is 0 Å². The highest BCUT2D eigenvalue weighted by atomic mass is 14.1. The van der Waals surface area contributed by atoms with Gasteiger partial charge in [0.1, 0.15) is 0 Å². The van der Waals surface area contributed by atoms with Crippen molar-refractivity contribution in [3.05, 3.63) is 0 Å². The molecule has 80 valence electrons. The molecule has 0 aromatic carbocycles. The minimum Gasteiger partial charge on any atom is -0.0654 e. The van der Waals surface area contributed by atoms with Gasteiger partial charge >= 0.3 is 0 Å². The Labute approximate surface area is 85.1 Å². The van der Waals surface area contributed by atoms with Gasteiger partial charge < -0.3 is 0 Å². The maximum atomic E-state index is 2.42. The first kappa shape index (κ1) is 13.0. The van der Waals surface area contributed by atoms with E-state index in [1.807, 2.05) is 0 Å². The molecule has 0 unspecified atom stereocenters. The van der Waals surface area contributed by atoms with Gasteiger partial charge in [0, 0.05) is 0 Å². The quantitative estimate of drug-likeness (QED) is 0.464. The van der Waals surface area contributed by atoms with Gasteiger partial charge in [0.15, 0.2) is 0 Å². The van der Waals surface area contributed by atoms with Gasteiger partial charge in [0.05, 0.1) is 0 Å². The van der Waals surface area contributed by atoms with Crippen molar-refractivity contribution in [2.45, 2.75) is 72.6 Å². The Kier molecular flexibility index (Phi) is 8.59. The molecular formula is C13H28. The maximum absolute atomic E-state index is 2.42. The Hall–Kier alpha value is 0. The van der Waals surface area contributed by atoms with Crippen LogP contribution in [0.5, 0.6) is 0 Å². The Balaban J connectivity index is 3.32. The fourth-order valence-electron chi connectivity index (χ4n) is 2.16. The zero-order valence-corrected chi connectivity index (χ0v) is 10.1. The molecule has 0 N–H and O–H groups in total. The van der Waals surface area contributed by atoms with Gasteiger partial charge in [0.2, 0.25) is 0 Å². The van der Waals surface area contributed by atoms with Crippen LogP contribution in [0.15, 0.2) is 0 Å². The van der Waals surface area contributed by atoms with E-state index in [1.54, 1.807) is 0 Å². The fourth-order valence-corrected chi connectivity index (χ4v) is 2.16. The van der Waals surface area contributed by atoms with Crippen LogP contribution in [0.25, 0.3) is 0 Å². The van der Waals surface area contributed by atoms with E-state index in [0.717, 1.165) is 11.8 Å². The van der Waals surface area contributed by atoms with Crippen molar-refractivity contribution >= 4 is 0 Å². The van der Waals surface area contributed by atoms with Crippen molar-refractivity contribution in [2.75, 3.05) is 0 Å². The molecule has 0 nitrogen and oxygen atoms in total. The third-order valence-electron chi connectivity index (χ3n) is 2.89. The number of hydrogen-bond donors (Lipinski definition) is 0. The largest absolute Gasteiger partial charge is 0.0654 e. The highest BCUT2D eigenvalue weighted by molar-refractivity contribution is 4.59. The van der Waals surface area contributed by atoms with Crippen LogP contribution >= 0.6 is 0 Å². The van der Waals surface area contributed by atoms with Gasteiger partial charge in [-0.2, -0.15) is 0 Å². The second kappa shape index (κ2) is 8.59. The second-order valence-electron chi connectivity index (χ2n) is 4.73. The third-order valence-corrected chi connectivity index (χ3v) is 2.89. The Morgan fingerprint density at radius 1 is 0.769 bits per heavy atom. The molecule has 0 heteroatoms. The molecule has 0 heterocycles. The highest BCUT2D eigenvalue weighted by Gasteiger charge is 2.07. The molecule has 0 amide bonds. The molecule has 0 saturated heterocycles. The van der Waals surface area contributed by atoms with Crippen molar-refractivity contribution < 1.29 is 0 Å². The van der Waals surface area contributed by atoms with Crippen molar-refractivity contribution in [2.24, 2.45) is 11.8 Å². The van der Waals surface area contributed by atoms with Gasteiger partial charge in [0.25, 0.3) is 0 Å². The molecule has 0 radical (unpaired) electrons. The summed E-state index contributed by atoms with van der Waals surface area (Å²) in [7, 11) is 0. The van der Waals surface area contributed by atoms with E-state index in [4.69, 9.17) is 0 Å². The average Bonchev–Trinajstić information content (AvgIpc) is 2.05. The normalized spacial score (nSPS) is 15.7. The summed E-state index contributed by atoms with van der Waals surface area (Å²) in [5, 5.41) is 0. The molecule has 0 aromatic heterocycles. The van der Waals surface area contributed by atoms with Gasteiger partial charge in [-0.3, -0.25) is 0 Å². The van der Waals surface area contributed by atoms with Crippen LogP contribution in [-0.4, -0.2) is 0 Å². The van der Waals surface area contributed by atoms with E-state index in [1.165, 1.54) is 44.9 Å². The van der Waals surface area contributed by atoms with E-state index in [-0.39, 0.29) is 0 Å². The predicted molar refractivity (Wildman–Crippen MR) is 62.0 cm³/mol. The second-order valence-corrected chi connectivity index (χ2v) is 4.73. The zero-order valence-electron chi connectivity index (χ0n) is 10.1. The summed E-state index contributed by atoms with van der Waals surface area (Å²) in [6, 6.07) is 0. The molecule has 0 aliphatic rings. The molecule has 13 heavy (non-hydrogen) atoms. The number of unbranched alkanes of at least 4 members (excludes halogenated alkanes) is 2. The molecular weight excluding hydrogens is 156 g/mol. The van der Waals surface area contributed by atoms with Crippen LogP contribution in [-0.2, 0) is 0 Å². The zero-order chi connectivity index (χ0) is 10.1. The summed E-state index contributed by atoms with van der Waals surface area (Å²) < 4.78 is 0. The average molecular weight is 184 g/mol. The molecule has 0 aliphatic heterocycles. The van der Waals surface area contributed by atoms with E-state index in [9.17, 15) is 0 Å². The predicted octanol–water partition coefficient (Wildman–Crippen LogP) is 5.03. The summed E-state index contributed by atoms with van der Waals surface area (Å²) in [6.45, 7) is 9.39. The molecule has 0 rings (SSSR count). The van der Waals surface area contributed by atoms with E-state index in [0.29, 0.717) is 0 Å². The first-order valence-corrected chi connectivity index (χ1v) is 6.20. The Morgan fingerprint density at radius 3 is 1.92 bits per heavy atom. The summed E-state index contributed by atoms with van der Waals surface area (Å²) in [4.78, 5) is 0. The van der Waals surface area contributed by atoms with Crippen molar-refractivity contribution in [1.29, 1.82) is 0 Å². The van der Waals surface area contributed by atoms with Gasteiger partial charge in [-0.15, -0.1) is 0 Å². The minimum atomic E-state index is 0.946. The number of hydrogen-bond acceptors (Lipinski definition) is 0. The van der Waals surface area contributed by atoms with Crippen LogP contribution in [0, 0.1) is 11.8 Å².